The van der Waals surface area contributed by atoms with Gasteiger partial charge in [-0.2, -0.15) is 17.9 Å². The van der Waals surface area contributed by atoms with Crippen LogP contribution < -0.4 is 5.32 Å². The molecule has 0 spiro atoms. The largest absolute Gasteiger partial charge is 0.453 e. The molecule has 2 heterocycles. The molecule has 2 aromatic heterocycles. The summed E-state index contributed by atoms with van der Waals surface area (Å²) in [4.78, 5) is 20.9. The number of benzene rings is 2. The van der Waals surface area contributed by atoms with Crippen LogP contribution >= 0.6 is 0 Å². The van der Waals surface area contributed by atoms with E-state index in [2.05, 4.69) is 30.8 Å². The van der Waals surface area contributed by atoms with Gasteiger partial charge >= 0.3 is 6.18 Å². The number of carbonyl (C=O) groups excluding carboxylic acids is 1. The molecule has 0 saturated carbocycles. The molecule has 4 rings (SSSR count). The molecule has 168 valence electrons. The molecule has 11 heteroatoms. The van der Waals surface area contributed by atoms with Crippen LogP contribution in [0.5, 0.6) is 0 Å². The topological polar surface area (TPSA) is 98.5 Å². The maximum absolute atomic E-state index is 13.4. The summed E-state index contributed by atoms with van der Waals surface area (Å²) in [6.07, 6.45) is -0.251. The third-order valence-corrected chi connectivity index (χ3v) is 4.96. The summed E-state index contributed by atoms with van der Waals surface area (Å²) in [5.74, 6) is -1.77. The number of carbonyl (C=O) groups is 1. The molecule has 0 aliphatic carbocycles. The fourth-order valence-corrected chi connectivity index (χ4v) is 3.21. The Kier molecular flexibility index (Phi) is 5.86. The zero-order chi connectivity index (χ0) is 23.6. The van der Waals surface area contributed by atoms with E-state index in [9.17, 15) is 18.0 Å². The van der Waals surface area contributed by atoms with Crippen LogP contribution in [-0.4, -0.2) is 36.1 Å². The molecule has 0 aliphatic heterocycles. The second-order valence-electron chi connectivity index (χ2n) is 7.41. The Balaban J connectivity index is 1.77. The molecule has 1 N–H and O–H groups in total. The summed E-state index contributed by atoms with van der Waals surface area (Å²) < 4.78 is 40.8. The average Bonchev–Trinajstić information content (AvgIpc) is 3.31. The smallest absolute Gasteiger partial charge is 0.345 e. The number of hydrogen-bond acceptors (Lipinski definition) is 6. The van der Waals surface area contributed by atoms with Crippen LogP contribution in [0.3, 0.4) is 0 Å². The number of nitrogens with zero attached hydrogens (tertiary/aromatic N) is 6. The second-order valence-corrected chi connectivity index (χ2v) is 7.41. The monoisotopic (exact) mass is 453 g/mol. The van der Waals surface area contributed by atoms with Gasteiger partial charge in [-0.05, 0) is 53.6 Å². The highest BCUT2D eigenvalue weighted by Crippen LogP contribution is 2.30. The van der Waals surface area contributed by atoms with Gasteiger partial charge in [-0.3, -0.25) is 4.79 Å². The Morgan fingerprint density at radius 1 is 1.03 bits per heavy atom. The highest BCUT2D eigenvalue weighted by molar-refractivity contribution is 5.96. The van der Waals surface area contributed by atoms with Gasteiger partial charge in [0.15, 0.2) is 0 Å². The number of rotatable bonds is 5. The van der Waals surface area contributed by atoms with Gasteiger partial charge in [-0.1, -0.05) is 29.8 Å². The third kappa shape index (κ3) is 4.86. The summed E-state index contributed by atoms with van der Waals surface area (Å²) in [6, 6.07) is 11.4. The molecule has 1 amide bonds. The number of alkyl halides is 3. The molecule has 8 nitrogen and oxygen atoms in total. The molecule has 1 atom stereocenters. The van der Waals surface area contributed by atoms with Crippen molar-refractivity contribution in [1.82, 2.24) is 35.5 Å². The summed E-state index contributed by atoms with van der Waals surface area (Å²) in [5, 5.41) is 12.6. The summed E-state index contributed by atoms with van der Waals surface area (Å²) in [7, 11) is 0. The van der Waals surface area contributed by atoms with E-state index < -0.39 is 23.9 Å². The zero-order valence-corrected chi connectivity index (χ0v) is 17.6. The maximum Gasteiger partial charge on any atom is 0.453 e. The number of aryl methyl sites for hydroxylation is 1. The second kappa shape index (κ2) is 8.77. The lowest BCUT2D eigenvalue weighted by Gasteiger charge is -2.16. The molecular formula is C22H18F3N7O. The third-order valence-electron chi connectivity index (χ3n) is 4.96. The van der Waals surface area contributed by atoms with Gasteiger partial charge in [-0.15, -0.1) is 5.10 Å². The van der Waals surface area contributed by atoms with Crippen LogP contribution in [0.1, 0.15) is 40.3 Å². The molecule has 33 heavy (non-hydrogen) atoms. The number of hydrogen-bond donors (Lipinski definition) is 1. The Morgan fingerprint density at radius 2 is 1.73 bits per heavy atom. The maximum atomic E-state index is 13.4. The van der Waals surface area contributed by atoms with Crippen LogP contribution in [0.25, 0.3) is 16.8 Å². The minimum absolute atomic E-state index is 0.00578. The standard InChI is InChI=1S/C22H18F3N7O/c1-13-3-5-15(6-4-13)16-7-17(20(33)28-14(2)18-10-26-12-27-11-18)9-19(8-16)32-21(22(23,24)25)29-30-31-32/h3-12,14H,1-2H3,(H,28,33). The van der Waals surface area contributed by atoms with E-state index in [-0.39, 0.29) is 11.3 Å². The predicted octanol–water partition coefficient (Wildman–Crippen LogP) is 3.94. The molecule has 4 aromatic rings. The number of amides is 1. The lowest BCUT2D eigenvalue weighted by Crippen LogP contribution is -2.27. The Hall–Kier alpha value is -4.15. The van der Waals surface area contributed by atoms with Crippen LogP contribution in [0, 0.1) is 6.92 Å². The van der Waals surface area contributed by atoms with Gasteiger partial charge in [0.1, 0.15) is 6.33 Å². The van der Waals surface area contributed by atoms with Crippen molar-refractivity contribution in [2.75, 3.05) is 0 Å². The van der Waals surface area contributed by atoms with E-state index in [4.69, 9.17) is 0 Å². The van der Waals surface area contributed by atoms with E-state index in [1.807, 2.05) is 31.2 Å². The van der Waals surface area contributed by atoms with E-state index in [0.29, 0.717) is 15.8 Å². The van der Waals surface area contributed by atoms with Crippen molar-refractivity contribution in [1.29, 1.82) is 0 Å². The predicted molar refractivity (Wildman–Crippen MR) is 112 cm³/mol. The van der Waals surface area contributed by atoms with Crippen molar-refractivity contribution < 1.29 is 18.0 Å². The van der Waals surface area contributed by atoms with Crippen LogP contribution in [0.2, 0.25) is 0 Å². The summed E-state index contributed by atoms with van der Waals surface area (Å²) in [5.41, 5.74) is 3.12. The fraction of sp³-hybridized carbons (Fsp3) is 0.182. The molecule has 1 unspecified atom stereocenters. The molecule has 0 radical (unpaired) electrons. The first-order valence-electron chi connectivity index (χ1n) is 9.86. The summed E-state index contributed by atoms with van der Waals surface area (Å²) >= 11 is 0. The first-order chi connectivity index (χ1) is 15.7. The molecule has 0 aliphatic rings. The highest BCUT2D eigenvalue weighted by Gasteiger charge is 2.38. The zero-order valence-electron chi connectivity index (χ0n) is 17.6. The molecule has 0 saturated heterocycles. The van der Waals surface area contributed by atoms with Crippen LogP contribution in [0.15, 0.2) is 61.2 Å². The number of aromatic nitrogens is 6. The minimum atomic E-state index is -4.77. The van der Waals surface area contributed by atoms with Gasteiger partial charge in [-0.25, -0.2) is 9.97 Å². The lowest BCUT2D eigenvalue weighted by atomic mass is 10.00. The minimum Gasteiger partial charge on any atom is -0.345 e. The van der Waals surface area contributed by atoms with E-state index in [1.54, 1.807) is 25.4 Å². The highest BCUT2D eigenvalue weighted by atomic mass is 19.4. The molecular weight excluding hydrogens is 435 g/mol. The van der Waals surface area contributed by atoms with Crippen molar-refractivity contribution >= 4 is 5.91 Å². The first-order valence-corrected chi connectivity index (χ1v) is 9.86. The van der Waals surface area contributed by atoms with Crippen molar-refractivity contribution in [2.24, 2.45) is 0 Å². The average molecular weight is 453 g/mol. The fourth-order valence-electron chi connectivity index (χ4n) is 3.21. The van der Waals surface area contributed by atoms with Crippen molar-refractivity contribution in [3.05, 3.63) is 83.7 Å². The van der Waals surface area contributed by atoms with Gasteiger partial charge in [0, 0.05) is 23.5 Å². The lowest BCUT2D eigenvalue weighted by molar-refractivity contribution is -0.146. The normalized spacial score (nSPS) is 12.4. The van der Waals surface area contributed by atoms with Gasteiger partial charge in [0.05, 0.1) is 11.7 Å². The SMILES string of the molecule is Cc1ccc(-c2cc(C(=O)NC(C)c3cncnc3)cc(-n3nnnc3C(F)(F)F)c2)cc1. The quantitative estimate of drug-likeness (QED) is 0.492. The van der Waals surface area contributed by atoms with E-state index >= 15 is 0 Å². The Bertz CT molecular complexity index is 1270. The van der Waals surface area contributed by atoms with Gasteiger partial charge < -0.3 is 5.32 Å². The van der Waals surface area contributed by atoms with Crippen LogP contribution in [0.4, 0.5) is 13.2 Å². The Labute approximate surface area is 186 Å². The summed E-state index contributed by atoms with van der Waals surface area (Å²) in [6.45, 7) is 3.68. The van der Waals surface area contributed by atoms with Crippen LogP contribution in [-0.2, 0) is 6.18 Å². The Morgan fingerprint density at radius 3 is 2.39 bits per heavy atom. The molecule has 0 bridgehead atoms. The first kappa shape index (κ1) is 22.1. The number of tetrazole rings is 1. The number of halogens is 3. The van der Waals surface area contributed by atoms with Crippen molar-refractivity contribution in [3.8, 4) is 16.8 Å². The van der Waals surface area contributed by atoms with Gasteiger partial charge in [0.25, 0.3) is 11.7 Å². The molecule has 2 aromatic carbocycles. The number of nitrogens with one attached hydrogen (secondary N) is 1. The van der Waals surface area contributed by atoms with Gasteiger partial charge in [0.2, 0.25) is 0 Å². The van der Waals surface area contributed by atoms with E-state index in [0.717, 1.165) is 11.1 Å². The van der Waals surface area contributed by atoms with Crippen molar-refractivity contribution in [3.63, 3.8) is 0 Å². The van der Waals surface area contributed by atoms with Crippen molar-refractivity contribution in [2.45, 2.75) is 26.1 Å². The van der Waals surface area contributed by atoms with E-state index in [1.165, 1.54) is 18.5 Å². The molecule has 0 fully saturated rings.